The van der Waals surface area contributed by atoms with Gasteiger partial charge in [0.1, 0.15) is 0 Å². The first kappa shape index (κ1) is 19.9. The molecule has 7 heteroatoms. The number of guanidine groups is 1. The Morgan fingerprint density at radius 2 is 1.95 bits per heavy atom. The van der Waals surface area contributed by atoms with Crippen molar-refractivity contribution in [1.29, 1.82) is 0 Å². The van der Waals surface area contributed by atoms with Crippen molar-refractivity contribution in [1.82, 2.24) is 10.6 Å². The fraction of sp³-hybridized carbons (Fsp3) is 0.357. The summed E-state index contributed by atoms with van der Waals surface area (Å²) in [6.07, 6.45) is 1.72. The highest BCUT2D eigenvalue weighted by atomic mass is 127. The molecule has 0 heterocycles. The molecule has 0 saturated heterocycles. The van der Waals surface area contributed by atoms with Gasteiger partial charge in [-0.3, -0.25) is 4.99 Å². The molecule has 0 fully saturated rings. The van der Waals surface area contributed by atoms with E-state index >= 15 is 0 Å². The van der Waals surface area contributed by atoms with Gasteiger partial charge in [-0.05, 0) is 19.1 Å². The minimum absolute atomic E-state index is 0. The Morgan fingerprint density at radius 3 is 2.52 bits per heavy atom. The van der Waals surface area contributed by atoms with Gasteiger partial charge in [-0.2, -0.15) is 0 Å². The third kappa shape index (κ3) is 7.47. The number of hydrogen-bond donors (Lipinski definition) is 2. The molecule has 0 aliphatic rings. The summed E-state index contributed by atoms with van der Waals surface area (Å²) in [6.45, 7) is 7.07. The first-order chi connectivity index (χ1) is 9.60. The van der Waals surface area contributed by atoms with Crippen LogP contribution in [0.3, 0.4) is 0 Å². The van der Waals surface area contributed by atoms with E-state index < -0.39 is 9.84 Å². The SMILES string of the molecule is C=CCNC(=NCCS(=O)(=O)c1ccccc1)NCC.I. The molecule has 0 atom stereocenters. The van der Waals surface area contributed by atoms with Crippen molar-refractivity contribution in [3.63, 3.8) is 0 Å². The molecule has 1 aromatic rings. The smallest absolute Gasteiger partial charge is 0.191 e. The molecular weight excluding hydrogens is 401 g/mol. The molecule has 1 aromatic carbocycles. The summed E-state index contributed by atoms with van der Waals surface area (Å²) < 4.78 is 24.1. The average Bonchev–Trinajstić information content (AvgIpc) is 2.45. The second kappa shape index (κ2) is 10.6. The molecule has 2 N–H and O–H groups in total. The third-order valence-corrected chi connectivity index (χ3v) is 4.20. The van der Waals surface area contributed by atoms with E-state index in [1.165, 1.54) is 0 Å². The van der Waals surface area contributed by atoms with Crippen molar-refractivity contribution < 1.29 is 8.42 Å². The second-order valence-corrected chi connectivity index (χ2v) is 6.17. The van der Waals surface area contributed by atoms with E-state index in [0.717, 1.165) is 0 Å². The lowest BCUT2D eigenvalue weighted by molar-refractivity contribution is 0.596. The van der Waals surface area contributed by atoms with Gasteiger partial charge in [0.15, 0.2) is 15.8 Å². The largest absolute Gasteiger partial charge is 0.357 e. The number of halogens is 1. The number of sulfone groups is 1. The van der Waals surface area contributed by atoms with Crippen molar-refractivity contribution in [2.24, 2.45) is 4.99 Å². The first-order valence-electron chi connectivity index (χ1n) is 6.51. The molecule has 21 heavy (non-hydrogen) atoms. The van der Waals surface area contributed by atoms with Crippen LogP contribution in [0.1, 0.15) is 6.92 Å². The number of benzene rings is 1. The summed E-state index contributed by atoms with van der Waals surface area (Å²) in [6, 6.07) is 8.41. The average molecular weight is 423 g/mol. The van der Waals surface area contributed by atoms with Gasteiger partial charge in [0, 0.05) is 13.1 Å². The Balaban J connectivity index is 0.00000400. The van der Waals surface area contributed by atoms with E-state index in [9.17, 15) is 8.42 Å². The maximum Gasteiger partial charge on any atom is 0.191 e. The summed E-state index contributed by atoms with van der Waals surface area (Å²) in [5.74, 6) is 0.581. The molecule has 0 bridgehead atoms. The molecule has 0 saturated carbocycles. The molecule has 0 aromatic heterocycles. The number of nitrogens with zero attached hydrogens (tertiary/aromatic N) is 1. The summed E-state index contributed by atoms with van der Waals surface area (Å²) in [4.78, 5) is 4.56. The Kier molecular flexibility index (Phi) is 10.1. The molecule has 5 nitrogen and oxygen atoms in total. The molecule has 0 unspecified atom stereocenters. The third-order valence-electron chi connectivity index (χ3n) is 2.49. The maximum absolute atomic E-state index is 12.1. The van der Waals surface area contributed by atoms with Crippen molar-refractivity contribution in [2.75, 3.05) is 25.4 Å². The zero-order valence-electron chi connectivity index (χ0n) is 12.1. The van der Waals surface area contributed by atoms with Crippen LogP contribution >= 0.6 is 24.0 Å². The van der Waals surface area contributed by atoms with Crippen molar-refractivity contribution in [3.8, 4) is 0 Å². The lowest BCUT2D eigenvalue weighted by Gasteiger charge is -2.09. The van der Waals surface area contributed by atoms with Gasteiger partial charge < -0.3 is 10.6 Å². The van der Waals surface area contributed by atoms with E-state index in [1.807, 2.05) is 6.92 Å². The van der Waals surface area contributed by atoms with Gasteiger partial charge in [0.05, 0.1) is 17.2 Å². The predicted molar refractivity (Wildman–Crippen MR) is 98.1 cm³/mol. The number of hydrogen-bond acceptors (Lipinski definition) is 3. The predicted octanol–water partition coefficient (Wildman–Crippen LogP) is 1.82. The molecule has 0 amide bonds. The normalized spacial score (nSPS) is 11.4. The topological polar surface area (TPSA) is 70.6 Å². The van der Waals surface area contributed by atoms with Gasteiger partial charge in [-0.25, -0.2) is 8.42 Å². The highest BCUT2D eigenvalue weighted by Gasteiger charge is 2.12. The number of nitrogens with one attached hydrogen (secondary N) is 2. The Morgan fingerprint density at radius 1 is 1.29 bits per heavy atom. The highest BCUT2D eigenvalue weighted by Crippen LogP contribution is 2.09. The van der Waals surface area contributed by atoms with Crippen LogP contribution in [0.15, 0.2) is 52.9 Å². The summed E-state index contributed by atoms with van der Waals surface area (Å²) in [5.41, 5.74) is 0. The zero-order chi connectivity index (χ0) is 14.8. The van der Waals surface area contributed by atoms with Crippen molar-refractivity contribution >= 4 is 39.8 Å². The Labute approximate surface area is 143 Å². The second-order valence-electron chi connectivity index (χ2n) is 4.06. The lowest BCUT2D eigenvalue weighted by atomic mass is 10.4. The van der Waals surface area contributed by atoms with E-state index in [0.29, 0.717) is 23.9 Å². The molecule has 1 rings (SSSR count). The summed E-state index contributed by atoms with van der Waals surface area (Å²) in [5, 5.41) is 6.06. The fourth-order valence-corrected chi connectivity index (χ4v) is 2.67. The monoisotopic (exact) mass is 423 g/mol. The molecule has 0 aliphatic carbocycles. The van der Waals surface area contributed by atoms with Gasteiger partial charge in [-0.1, -0.05) is 24.3 Å². The van der Waals surface area contributed by atoms with Crippen LogP contribution in [0.2, 0.25) is 0 Å². The van der Waals surface area contributed by atoms with E-state index in [4.69, 9.17) is 0 Å². The van der Waals surface area contributed by atoms with E-state index in [2.05, 4.69) is 22.2 Å². The Hall–Kier alpha value is -1.09. The maximum atomic E-state index is 12.1. The van der Waals surface area contributed by atoms with Crippen LogP contribution in [0.5, 0.6) is 0 Å². The van der Waals surface area contributed by atoms with Crippen LogP contribution in [0.25, 0.3) is 0 Å². The van der Waals surface area contributed by atoms with Crippen LogP contribution in [-0.2, 0) is 9.84 Å². The molecular formula is C14H22IN3O2S. The van der Waals surface area contributed by atoms with Gasteiger partial charge in [0.2, 0.25) is 0 Å². The molecule has 118 valence electrons. The minimum Gasteiger partial charge on any atom is -0.357 e. The van der Waals surface area contributed by atoms with Crippen molar-refractivity contribution in [2.45, 2.75) is 11.8 Å². The number of rotatable bonds is 7. The molecule has 0 spiro atoms. The quantitative estimate of drug-likeness (QED) is 0.304. The zero-order valence-corrected chi connectivity index (χ0v) is 15.2. The molecule has 0 aliphatic heterocycles. The van der Waals surface area contributed by atoms with Gasteiger partial charge >= 0.3 is 0 Å². The van der Waals surface area contributed by atoms with Crippen molar-refractivity contribution in [3.05, 3.63) is 43.0 Å². The van der Waals surface area contributed by atoms with Crippen LogP contribution in [0.4, 0.5) is 0 Å². The highest BCUT2D eigenvalue weighted by molar-refractivity contribution is 14.0. The molecule has 0 radical (unpaired) electrons. The van der Waals surface area contributed by atoms with Crippen LogP contribution < -0.4 is 10.6 Å². The summed E-state index contributed by atoms with van der Waals surface area (Å²) >= 11 is 0. The van der Waals surface area contributed by atoms with Crippen LogP contribution in [-0.4, -0.2) is 39.8 Å². The number of aliphatic imine (C=N–C) groups is 1. The van der Waals surface area contributed by atoms with E-state index in [-0.39, 0.29) is 36.3 Å². The Bertz CT molecular complexity index is 545. The first-order valence-corrected chi connectivity index (χ1v) is 8.16. The minimum atomic E-state index is -3.27. The van der Waals surface area contributed by atoms with Crippen LogP contribution in [0, 0.1) is 0 Å². The van der Waals surface area contributed by atoms with Gasteiger partial charge in [-0.15, -0.1) is 30.6 Å². The lowest BCUT2D eigenvalue weighted by Crippen LogP contribution is -2.37. The van der Waals surface area contributed by atoms with Gasteiger partial charge in [0.25, 0.3) is 0 Å². The fourth-order valence-electron chi connectivity index (χ4n) is 1.53. The summed E-state index contributed by atoms with van der Waals surface area (Å²) in [7, 11) is -3.27. The standard InChI is InChI=1S/C14H21N3O2S.HI/c1-3-10-16-14(15-4-2)17-11-12-20(18,19)13-8-6-5-7-9-13;/h3,5-9H,1,4,10-12H2,2H3,(H2,15,16,17);1H. The van der Waals surface area contributed by atoms with E-state index in [1.54, 1.807) is 36.4 Å².